The van der Waals surface area contributed by atoms with Gasteiger partial charge in [-0.3, -0.25) is 4.90 Å². The van der Waals surface area contributed by atoms with Gasteiger partial charge in [0, 0.05) is 19.1 Å². The molecule has 0 bridgehead atoms. The second kappa shape index (κ2) is 5.90. The summed E-state index contributed by atoms with van der Waals surface area (Å²) in [6, 6.07) is 6.58. The van der Waals surface area contributed by atoms with Gasteiger partial charge in [0.2, 0.25) is 0 Å². The van der Waals surface area contributed by atoms with Gasteiger partial charge in [-0.1, -0.05) is 12.1 Å². The first kappa shape index (κ1) is 14.3. The van der Waals surface area contributed by atoms with Gasteiger partial charge in [0.15, 0.2) is 9.84 Å². The van der Waals surface area contributed by atoms with E-state index in [0.29, 0.717) is 18.9 Å². The number of nitrogens with zero attached hydrogens (tertiary/aromatic N) is 1. The number of nitrogens with two attached hydrogens (primary N) is 1. The Morgan fingerprint density at radius 1 is 1.32 bits per heavy atom. The number of anilines is 1. The van der Waals surface area contributed by atoms with Crippen LogP contribution in [-0.4, -0.2) is 51.4 Å². The van der Waals surface area contributed by atoms with Gasteiger partial charge >= 0.3 is 0 Å². The lowest BCUT2D eigenvalue weighted by atomic mass is 10.3. The summed E-state index contributed by atoms with van der Waals surface area (Å²) < 4.78 is 30.0. The molecule has 1 saturated heterocycles. The molecule has 106 valence electrons. The van der Waals surface area contributed by atoms with Gasteiger partial charge in [-0.05, 0) is 19.1 Å². The van der Waals surface area contributed by atoms with Crippen LogP contribution in [0, 0.1) is 0 Å². The van der Waals surface area contributed by atoms with Crippen molar-refractivity contribution in [3.05, 3.63) is 24.3 Å². The second-order valence-corrected chi connectivity index (χ2v) is 6.82. The maximum absolute atomic E-state index is 12.4. The van der Waals surface area contributed by atoms with Crippen LogP contribution in [0.3, 0.4) is 0 Å². The number of hydrogen-bond acceptors (Lipinski definition) is 5. The molecule has 5 nitrogen and oxygen atoms in total. The molecule has 0 unspecified atom stereocenters. The molecule has 2 rings (SSSR count). The summed E-state index contributed by atoms with van der Waals surface area (Å²) in [5, 5.41) is 0. The van der Waals surface area contributed by atoms with E-state index < -0.39 is 9.84 Å². The van der Waals surface area contributed by atoms with E-state index in [0.717, 1.165) is 13.1 Å². The summed E-state index contributed by atoms with van der Waals surface area (Å²) in [5.41, 5.74) is 6.06. The molecule has 1 heterocycles. The van der Waals surface area contributed by atoms with Crippen LogP contribution in [0.25, 0.3) is 0 Å². The zero-order valence-corrected chi connectivity index (χ0v) is 11.9. The van der Waals surface area contributed by atoms with Gasteiger partial charge in [0.25, 0.3) is 0 Å². The molecule has 0 aromatic heterocycles. The van der Waals surface area contributed by atoms with Gasteiger partial charge in [0.1, 0.15) is 0 Å². The van der Waals surface area contributed by atoms with Gasteiger partial charge in [-0.25, -0.2) is 8.42 Å². The number of ether oxygens (including phenoxy) is 1. The lowest BCUT2D eigenvalue weighted by molar-refractivity contribution is 0.0243. The van der Waals surface area contributed by atoms with Crippen molar-refractivity contribution in [3.8, 4) is 0 Å². The monoisotopic (exact) mass is 284 g/mol. The van der Waals surface area contributed by atoms with Crippen molar-refractivity contribution in [3.63, 3.8) is 0 Å². The fourth-order valence-corrected chi connectivity index (χ4v) is 4.03. The smallest absolute Gasteiger partial charge is 0.181 e. The molecule has 2 N–H and O–H groups in total. The lowest BCUT2D eigenvalue weighted by Gasteiger charge is -2.32. The Kier molecular flexibility index (Phi) is 4.44. The van der Waals surface area contributed by atoms with Crippen molar-refractivity contribution >= 4 is 15.5 Å². The molecule has 1 aromatic rings. The molecule has 0 saturated carbocycles. The fourth-order valence-electron chi connectivity index (χ4n) is 2.29. The summed E-state index contributed by atoms with van der Waals surface area (Å²) in [5.74, 6) is 0.0845. The Hall–Kier alpha value is -1.11. The predicted molar refractivity (Wildman–Crippen MR) is 74.8 cm³/mol. The summed E-state index contributed by atoms with van der Waals surface area (Å²) in [7, 11) is -3.35. The van der Waals surface area contributed by atoms with Crippen molar-refractivity contribution < 1.29 is 13.2 Å². The number of para-hydroxylation sites is 1. The van der Waals surface area contributed by atoms with E-state index in [1.807, 2.05) is 6.92 Å². The predicted octanol–water partition coefficient (Wildman–Crippen LogP) is 0.763. The van der Waals surface area contributed by atoms with E-state index in [9.17, 15) is 8.42 Å². The molecule has 19 heavy (non-hydrogen) atoms. The summed E-state index contributed by atoms with van der Waals surface area (Å²) >= 11 is 0. The molecular formula is C13H20N2O3S. The molecule has 1 fully saturated rings. The molecular weight excluding hydrogens is 264 g/mol. The van der Waals surface area contributed by atoms with Crippen LogP contribution in [0.5, 0.6) is 0 Å². The molecule has 1 aromatic carbocycles. The fraction of sp³-hybridized carbons (Fsp3) is 0.538. The number of hydrogen-bond donors (Lipinski definition) is 1. The molecule has 1 aliphatic heterocycles. The maximum Gasteiger partial charge on any atom is 0.181 e. The van der Waals surface area contributed by atoms with Crippen LogP contribution < -0.4 is 5.73 Å². The first-order valence-corrected chi connectivity index (χ1v) is 8.05. The highest BCUT2D eigenvalue weighted by Crippen LogP contribution is 2.20. The molecule has 0 spiro atoms. The van der Waals surface area contributed by atoms with E-state index >= 15 is 0 Å². The highest BCUT2D eigenvalue weighted by molar-refractivity contribution is 7.91. The van der Waals surface area contributed by atoms with Gasteiger partial charge in [0.05, 0.1) is 29.5 Å². The average molecular weight is 284 g/mol. The van der Waals surface area contributed by atoms with Crippen LogP contribution in [-0.2, 0) is 14.6 Å². The first-order valence-electron chi connectivity index (χ1n) is 6.40. The zero-order valence-electron chi connectivity index (χ0n) is 11.1. The van der Waals surface area contributed by atoms with Gasteiger partial charge in [-0.15, -0.1) is 0 Å². The summed E-state index contributed by atoms with van der Waals surface area (Å²) in [6.07, 6.45) is 0. The molecule has 0 radical (unpaired) electrons. The topological polar surface area (TPSA) is 72.6 Å². The highest BCUT2D eigenvalue weighted by atomic mass is 32.2. The third kappa shape index (κ3) is 3.46. The minimum absolute atomic E-state index is 0.0338. The van der Waals surface area contributed by atoms with E-state index in [2.05, 4.69) is 4.90 Å². The van der Waals surface area contributed by atoms with E-state index in [1.165, 1.54) is 0 Å². The van der Waals surface area contributed by atoms with Crippen molar-refractivity contribution in [2.24, 2.45) is 0 Å². The van der Waals surface area contributed by atoms with Crippen LogP contribution in [0.4, 0.5) is 5.69 Å². The SMILES string of the molecule is C[C@H](CS(=O)(=O)c1ccccc1N)N1CCOCC1. The van der Waals surface area contributed by atoms with Gasteiger partial charge < -0.3 is 10.5 Å². The minimum Gasteiger partial charge on any atom is -0.398 e. The first-order chi connectivity index (χ1) is 9.00. The maximum atomic E-state index is 12.4. The van der Waals surface area contributed by atoms with E-state index in [-0.39, 0.29) is 16.7 Å². The average Bonchev–Trinajstić information content (AvgIpc) is 2.39. The summed E-state index contributed by atoms with van der Waals surface area (Å²) in [6.45, 7) is 4.82. The van der Waals surface area contributed by atoms with Crippen LogP contribution in [0.15, 0.2) is 29.2 Å². The number of benzene rings is 1. The normalized spacial score (nSPS) is 19.2. The second-order valence-electron chi connectivity index (χ2n) is 4.82. The Bertz CT molecular complexity index is 524. The van der Waals surface area contributed by atoms with E-state index in [4.69, 9.17) is 10.5 Å². The minimum atomic E-state index is -3.35. The molecule has 1 aliphatic rings. The number of morpholine rings is 1. The van der Waals surface area contributed by atoms with Crippen LogP contribution >= 0.6 is 0 Å². The Labute approximate surface area is 114 Å². The third-order valence-electron chi connectivity index (χ3n) is 3.38. The highest BCUT2D eigenvalue weighted by Gasteiger charge is 2.25. The molecule has 0 aliphatic carbocycles. The largest absolute Gasteiger partial charge is 0.398 e. The van der Waals surface area contributed by atoms with E-state index in [1.54, 1.807) is 24.3 Å². The van der Waals surface area contributed by atoms with Crippen molar-refractivity contribution in [1.82, 2.24) is 4.90 Å². The Balaban J connectivity index is 2.11. The number of rotatable bonds is 4. The Morgan fingerprint density at radius 2 is 1.95 bits per heavy atom. The molecule has 0 amide bonds. The molecule has 1 atom stereocenters. The van der Waals surface area contributed by atoms with Gasteiger partial charge in [-0.2, -0.15) is 0 Å². The Morgan fingerprint density at radius 3 is 2.58 bits per heavy atom. The number of nitrogen functional groups attached to an aromatic ring is 1. The molecule has 6 heteroatoms. The third-order valence-corrected chi connectivity index (χ3v) is 5.35. The van der Waals surface area contributed by atoms with Crippen molar-refractivity contribution in [2.45, 2.75) is 17.9 Å². The number of sulfone groups is 1. The summed E-state index contributed by atoms with van der Waals surface area (Å²) in [4.78, 5) is 2.37. The lowest BCUT2D eigenvalue weighted by Crippen LogP contribution is -2.45. The zero-order chi connectivity index (χ0) is 13.9. The van der Waals surface area contributed by atoms with Crippen molar-refractivity contribution in [2.75, 3.05) is 37.8 Å². The standard InChI is InChI=1S/C13H20N2O3S/c1-11(15-6-8-18-9-7-15)10-19(16,17)13-5-3-2-4-12(13)14/h2-5,11H,6-10,14H2,1H3/t11-/m1/s1. The van der Waals surface area contributed by atoms with Crippen LogP contribution in [0.1, 0.15) is 6.92 Å². The quantitative estimate of drug-likeness (QED) is 0.827. The van der Waals surface area contributed by atoms with Crippen molar-refractivity contribution in [1.29, 1.82) is 0 Å². The van der Waals surface area contributed by atoms with Crippen LogP contribution in [0.2, 0.25) is 0 Å².